The zero-order chi connectivity index (χ0) is 12.3. The van der Waals surface area contributed by atoms with E-state index in [4.69, 9.17) is 4.74 Å². The number of hydrogen-bond acceptors (Lipinski definition) is 4. The molecule has 1 aliphatic rings. The second-order valence-corrected chi connectivity index (χ2v) is 4.67. The predicted molar refractivity (Wildman–Crippen MR) is 69.0 cm³/mol. The van der Waals surface area contributed by atoms with E-state index in [9.17, 15) is 4.79 Å². The molecule has 0 aromatic rings. The van der Waals surface area contributed by atoms with Crippen molar-refractivity contribution in [1.29, 1.82) is 0 Å². The van der Waals surface area contributed by atoms with Gasteiger partial charge in [-0.3, -0.25) is 4.79 Å². The van der Waals surface area contributed by atoms with Crippen molar-refractivity contribution in [2.75, 3.05) is 26.2 Å². The van der Waals surface area contributed by atoms with E-state index >= 15 is 0 Å². The van der Waals surface area contributed by atoms with E-state index in [2.05, 4.69) is 17.6 Å². The third kappa shape index (κ3) is 7.34. The van der Waals surface area contributed by atoms with Crippen LogP contribution in [-0.4, -0.2) is 38.3 Å². The first kappa shape index (κ1) is 14.5. The number of hydrogen-bond donors (Lipinski definition) is 2. The molecule has 2 N–H and O–H groups in total. The van der Waals surface area contributed by atoms with Crippen molar-refractivity contribution in [3.8, 4) is 0 Å². The molecule has 1 heterocycles. The second kappa shape index (κ2) is 9.42. The molecule has 1 fully saturated rings. The molecule has 0 aromatic heterocycles. The molecule has 0 aliphatic carbocycles. The fraction of sp³-hybridized carbons (Fsp3) is 0.923. The van der Waals surface area contributed by atoms with Crippen molar-refractivity contribution in [3.63, 3.8) is 0 Å². The third-order valence-electron chi connectivity index (χ3n) is 3.09. The molecule has 1 unspecified atom stereocenters. The summed E-state index contributed by atoms with van der Waals surface area (Å²) in [5.74, 6) is -0.0372. The average molecular weight is 242 g/mol. The maximum Gasteiger partial charge on any atom is 0.305 e. The highest BCUT2D eigenvalue weighted by atomic mass is 16.5. The summed E-state index contributed by atoms with van der Waals surface area (Å²) < 4.78 is 5.22. The Morgan fingerprint density at radius 3 is 2.88 bits per heavy atom. The minimum absolute atomic E-state index is 0.0372. The molecule has 1 saturated heterocycles. The maximum atomic E-state index is 11.4. The molecule has 1 atom stereocenters. The summed E-state index contributed by atoms with van der Waals surface area (Å²) in [6.07, 6.45) is 6.01. The van der Waals surface area contributed by atoms with Crippen LogP contribution in [0.4, 0.5) is 0 Å². The number of unbranched alkanes of at least 4 members (excludes halogenated alkanes) is 3. The van der Waals surface area contributed by atoms with E-state index in [0.717, 1.165) is 38.9 Å². The highest BCUT2D eigenvalue weighted by Gasteiger charge is 2.12. The summed E-state index contributed by atoms with van der Waals surface area (Å²) in [4.78, 5) is 11.4. The Kier molecular flexibility index (Phi) is 8.01. The Hall–Kier alpha value is -0.610. The number of carbonyl (C=O) groups excluding carboxylic acids is 1. The molecular formula is C13H26N2O2. The van der Waals surface area contributed by atoms with Crippen LogP contribution in [0.25, 0.3) is 0 Å². The number of rotatable bonds is 8. The zero-order valence-electron chi connectivity index (χ0n) is 11.0. The van der Waals surface area contributed by atoms with E-state index in [1.807, 2.05) is 0 Å². The summed E-state index contributed by atoms with van der Waals surface area (Å²) in [6, 6.07) is 0.455. The van der Waals surface area contributed by atoms with Gasteiger partial charge in [-0.1, -0.05) is 26.2 Å². The lowest BCUT2D eigenvalue weighted by Gasteiger charge is -2.24. The van der Waals surface area contributed by atoms with Gasteiger partial charge in [0.2, 0.25) is 0 Å². The van der Waals surface area contributed by atoms with Gasteiger partial charge < -0.3 is 15.4 Å². The highest BCUT2D eigenvalue weighted by molar-refractivity contribution is 5.69. The fourth-order valence-corrected chi connectivity index (χ4v) is 2.00. The van der Waals surface area contributed by atoms with Crippen molar-refractivity contribution in [2.45, 2.75) is 51.5 Å². The zero-order valence-corrected chi connectivity index (χ0v) is 11.0. The van der Waals surface area contributed by atoms with Crippen LogP contribution < -0.4 is 10.6 Å². The molecule has 17 heavy (non-hydrogen) atoms. The number of piperazine rings is 1. The van der Waals surface area contributed by atoms with Crippen LogP contribution in [0.3, 0.4) is 0 Å². The van der Waals surface area contributed by atoms with Crippen molar-refractivity contribution >= 4 is 5.97 Å². The van der Waals surface area contributed by atoms with Gasteiger partial charge in [0.05, 0.1) is 6.61 Å². The Bertz CT molecular complexity index is 204. The van der Waals surface area contributed by atoms with Crippen LogP contribution in [0.15, 0.2) is 0 Å². The maximum absolute atomic E-state index is 11.4. The van der Waals surface area contributed by atoms with Crippen LogP contribution in [0.1, 0.15) is 45.4 Å². The summed E-state index contributed by atoms with van der Waals surface area (Å²) in [7, 11) is 0. The van der Waals surface area contributed by atoms with Gasteiger partial charge in [0.15, 0.2) is 0 Å². The minimum Gasteiger partial charge on any atom is -0.466 e. The molecule has 0 bridgehead atoms. The van der Waals surface area contributed by atoms with Crippen LogP contribution in [0.5, 0.6) is 0 Å². The highest BCUT2D eigenvalue weighted by Crippen LogP contribution is 2.04. The molecular weight excluding hydrogens is 216 g/mol. The topological polar surface area (TPSA) is 50.4 Å². The van der Waals surface area contributed by atoms with E-state index in [-0.39, 0.29) is 5.97 Å². The smallest absolute Gasteiger partial charge is 0.305 e. The largest absolute Gasteiger partial charge is 0.466 e. The first-order valence-corrected chi connectivity index (χ1v) is 6.92. The van der Waals surface area contributed by atoms with E-state index in [1.54, 1.807) is 0 Å². The number of esters is 1. The van der Waals surface area contributed by atoms with Crippen LogP contribution in [0, 0.1) is 0 Å². The van der Waals surface area contributed by atoms with Gasteiger partial charge in [-0.25, -0.2) is 0 Å². The summed E-state index contributed by atoms with van der Waals surface area (Å²) >= 11 is 0. The predicted octanol–water partition coefficient (Wildman–Crippen LogP) is 1.45. The molecule has 1 aliphatic heterocycles. The van der Waals surface area contributed by atoms with Crippen molar-refractivity contribution < 1.29 is 9.53 Å². The Labute approximate surface area is 104 Å². The Morgan fingerprint density at radius 1 is 1.29 bits per heavy atom. The van der Waals surface area contributed by atoms with Crippen molar-refractivity contribution in [1.82, 2.24) is 10.6 Å². The van der Waals surface area contributed by atoms with Gasteiger partial charge in [0.25, 0.3) is 0 Å². The lowest BCUT2D eigenvalue weighted by molar-refractivity contribution is -0.144. The van der Waals surface area contributed by atoms with Crippen molar-refractivity contribution in [3.05, 3.63) is 0 Å². The lowest BCUT2D eigenvalue weighted by atomic mass is 10.1. The SMILES string of the molecule is CCCCCCC(=O)OCCC1CNCCN1. The average Bonchev–Trinajstić information content (AvgIpc) is 2.36. The molecule has 100 valence electrons. The third-order valence-corrected chi connectivity index (χ3v) is 3.09. The first-order valence-electron chi connectivity index (χ1n) is 6.92. The molecule has 4 heteroatoms. The minimum atomic E-state index is -0.0372. The van der Waals surface area contributed by atoms with Crippen LogP contribution in [0.2, 0.25) is 0 Å². The first-order chi connectivity index (χ1) is 8.33. The normalized spacial score (nSPS) is 20.2. The number of carbonyl (C=O) groups is 1. The molecule has 0 amide bonds. The van der Waals surface area contributed by atoms with Crippen LogP contribution in [-0.2, 0) is 9.53 Å². The van der Waals surface area contributed by atoms with E-state index in [1.165, 1.54) is 12.8 Å². The summed E-state index contributed by atoms with van der Waals surface area (Å²) in [6.45, 7) is 5.74. The molecule has 0 saturated carbocycles. The summed E-state index contributed by atoms with van der Waals surface area (Å²) in [5, 5.41) is 6.72. The molecule has 0 radical (unpaired) electrons. The molecule has 0 aromatic carbocycles. The van der Waals surface area contributed by atoms with Crippen molar-refractivity contribution in [2.24, 2.45) is 0 Å². The van der Waals surface area contributed by atoms with Gasteiger partial charge in [-0.2, -0.15) is 0 Å². The van der Waals surface area contributed by atoms with Gasteiger partial charge in [0.1, 0.15) is 0 Å². The number of ether oxygens (including phenoxy) is 1. The molecule has 1 rings (SSSR count). The standard InChI is InChI=1S/C13H26N2O2/c1-2-3-4-5-6-13(16)17-10-7-12-11-14-8-9-15-12/h12,14-15H,2-11H2,1H3. The van der Waals surface area contributed by atoms with Gasteiger partial charge >= 0.3 is 5.97 Å². The summed E-state index contributed by atoms with van der Waals surface area (Å²) in [5.41, 5.74) is 0. The quantitative estimate of drug-likeness (QED) is 0.500. The monoisotopic (exact) mass is 242 g/mol. The number of nitrogens with one attached hydrogen (secondary N) is 2. The fourth-order valence-electron chi connectivity index (χ4n) is 2.00. The Morgan fingerprint density at radius 2 is 2.18 bits per heavy atom. The Balaban J connectivity index is 1.92. The van der Waals surface area contributed by atoms with Gasteiger partial charge in [0, 0.05) is 32.1 Å². The van der Waals surface area contributed by atoms with Gasteiger partial charge in [-0.05, 0) is 12.8 Å². The second-order valence-electron chi connectivity index (χ2n) is 4.67. The van der Waals surface area contributed by atoms with E-state index < -0.39 is 0 Å². The van der Waals surface area contributed by atoms with Gasteiger partial charge in [-0.15, -0.1) is 0 Å². The van der Waals surface area contributed by atoms with E-state index in [0.29, 0.717) is 19.1 Å². The molecule has 0 spiro atoms. The molecule has 4 nitrogen and oxygen atoms in total. The van der Waals surface area contributed by atoms with Crippen LogP contribution >= 0.6 is 0 Å². The lowest BCUT2D eigenvalue weighted by Crippen LogP contribution is -2.48.